The van der Waals surface area contributed by atoms with Crippen LogP contribution in [0.25, 0.3) is 11.3 Å². The topological polar surface area (TPSA) is 70.5 Å². The van der Waals surface area contributed by atoms with E-state index in [1.807, 2.05) is 0 Å². The van der Waals surface area contributed by atoms with Gasteiger partial charge in [-0.15, -0.1) is 0 Å². The number of aromatic nitrogens is 1. The molecule has 0 bridgehead atoms. The Kier molecular flexibility index (Phi) is 3.36. The minimum absolute atomic E-state index is 0.264. The lowest BCUT2D eigenvalue weighted by Crippen LogP contribution is -1.94. The zero-order valence-corrected chi connectivity index (χ0v) is 10.1. The molecule has 1 aromatic heterocycles. The van der Waals surface area contributed by atoms with Crippen LogP contribution in [0, 0.1) is 0 Å². The molecule has 18 heavy (non-hydrogen) atoms. The molecule has 0 aliphatic carbocycles. The van der Waals surface area contributed by atoms with Crippen molar-refractivity contribution in [1.29, 1.82) is 0 Å². The molecule has 1 aromatic carbocycles. The Hall–Kier alpha value is -2.24. The van der Waals surface area contributed by atoms with Gasteiger partial charge in [-0.3, -0.25) is 0 Å². The number of nitrogens with zero attached hydrogens (tertiary/aromatic N) is 1. The second-order valence-electron chi connectivity index (χ2n) is 3.61. The molecule has 96 valence electrons. The van der Waals surface area contributed by atoms with Crippen LogP contribution in [0.3, 0.4) is 0 Å². The summed E-state index contributed by atoms with van der Waals surface area (Å²) >= 11 is 0. The van der Waals surface area contributed by atoms with Crippen LogP contribution in [0.15, 0.2) is 22.7 Å². The van der Waals surface area contributed by atoms with Gasteiger partial charge in [0.05, 0.1) is 19.8 Å². The number of alkyl halides is 1. The van der Waals surface area contributed by atoms with Gasteiger partial charge < -0.3 is 19.7 Å². The summed E-state index contributed by atoms with van der Waals surface area (Å²) in [6.45, 7) is -0.641. The maximum atomic E-state index is 12.8. The number of nitrogen functional groups attached to an aromatic ring is 1. The van der Waals surface area contributed by atoms with Crippen LogP contribution in [0.1, 0.15) is 5.56 Å². The van der Waals surface area contributed by atoms with Crippen molar-refractivity contribution in [3.8, 4) is 22.8 Å². The van der Waals surface area contributed by atoms with Crippen LogP contribution < -0.4 is 15.2 Å². The quantitative estimate of drug-likeness (QED) is 0.904. The van der Waals surface area contributed by atoms with Gasteiger partial charge >= 0.3 is 0 Å². The second-order valence-corrected chi connectivity index (χ2v) is 3.61. The summed E-state index contributed by atoms with van der Waals surface area (Å²) < 4.78 is 28.2. The molecule has 6 heteroatoms. The molecule has 2 rings (SSSR count). The first-order valence-electron chi connectivity index (χ1n) is 5.23. The Morgan fingerprint density at radius 2 is 1.94 bits per heavy atom. The number of halogens is 1. The monoisotopic (exact) mass is 252 g/mol. The first-order chi connectivity index (χ1) is 8.69. The van der Waals surface area contributed by atoms with Crippen LogP contribution in [0.5, 0.6) is 11.5 Å². The van der Waals surface area contributed by atoms with Gasteiger partial charge in [0, 0.05) is 11.6 Å². The normalized spacial score (nSPS) is 10.4. The fourth-order valence-corrected chi connectivity index (χ4v) is 1.67. The van der Waals surface area contributed by atoms with Crippen molar-refractivity contribution in [3.05, 3.63) is 23.8 Å². The van der Waals surface area contributed by atoms with Crippen molar-refractivity contribution in [1.82, 2.24) is 5.16 Å². The average molecular weight is 252 g/mol. The summed E-state index contributed by atoms with van der Waals surface area (Å²) in [4.78, 5) is 0. The molecule has 0 fully saturated rings. The lowest BCUT2D eigenvalue weighted by atomic mass is 10.1. The van der Waals surface area contributed by atoms with Gasteiger partial charge in [0.2, 0.25) is 0 Å². The molecule has 0 spiro atoms. The van der Waals surface area contributed by atoms with Crippen LogP contribution >= 0.6 is 0 Å². The minimum Gasteiger partial charge on any atom is -0.496 e. The van der Waals surface area contributed by atoms with E-state index in [2.05, 4.69) is 5.16 Å². The summed E-state index contributed by atoms with van der Waals surface area (Å²) in [5.41, 5.74) is 6.51. The molecule has 5 nitrogen and oxygen atoms in total. The first kappa shape index (κ1) is 12.2. The highest BCUT2D eigenvalue weighted by Crippen LogP contribution is 2.37. The largest absolute Gasteiger partial charge is 0.496 e. The predicted octanol–water partition coefficient (Wildman–Crippen LogP) is 2.41. The Bertz CT molecular complexity index is 554. The van der Waals surface area contributed by atoms with E-state index >= 15 is 0 Å². The summed E-state index contributed by atoms with van der Waals surface area (Å²) in [5.74, 6) is 1.59. The molecule has 2 aromatic rings. The zero-order valence-electron chi connectivity index (χ0n) is 10.1. The smallest absolute Gasteiger partial charge is 0.172 e. The van der Waals surface area contributed by atoms with Gasteiger partial charge in [0.1, 0.15) is 18.2 Å². The number of anilines is 1. The molecule has 0 saturated carbocycles. The maximum absolute atomic E-state index is 12.8. The van der Waals surface area contributed by atoms with Gasteiger partial charge in [0.25, 0.3) is 0 Å². The molecule has 0 aliphatic rings. The molecule has 2 N–H and O–H groups in total. The zero-order chi connectivity index (χ0) is 13.1. The minimum atomic E-state index is -0.641. The molecule has 0 atom stereocenters. The van der Waals surface area contributed by atoms with Gasteiger partial charge in [-0.2, -0.15) is 0 Å². The number of hydrogen-bond acceptors (Lipinski definition) is 5. The lowest BCUT2D eigenvalue weighted by molar-refractivity contribution is 0.383. The maximum Gasteiger partial charge on any atom is 0.172 e. The number of methoxy groups -OCH3 is 2. The summed E-state index contributed by atoms with van der Waals surface area (Å²) in [6, 6.07) is 4.76. The van der Waals surface area contributed by atoms with E-state index in [9.17, 15) is 4.39 Å². The highest BCUT2D eigenvalue weighted by molar-refractivity contribution is 5.70. The number of ether oxygens (including phenoxy) is 2. The summed E-state index contributed by atoms with van der Waals surface area (Å²) in [7, 11) is 2.96. The van der Waals surface area contributed by atoms with Gasteiger partial charge in [-0.05, 0) is 12.1 Å². The molecular weight excluding hydrogens is 239 g/mol. The van der Waals surface area contributed by atoms with E-state index in [1.165, 1.54) is 14.2 Å². The lowest BCUT2D eigenvalue weighted by Gasteiger charge is -2.11. The number of hydrogen-bond donors (Lipinski definition) is 1. The van der Waals surface area contributed by atoms with Crippen LogP contribution in [0.4, 0.5) is 10.2 Å². The van der Waals surface area contributed by atoms with Crippen LogP contribution in [-0.2, 0) is 6.67 Å². The van der Waals surface area contributed by atoms with Crippen molar-refractivity contribution < 1.29 is 18.4 Å². The Morgan fingerprint density at radius 3 is 2.44 bits per heavy atom. The number of benzene rings is 1. The molecular formula is C12H13FN2O3. The highest BCUT2D eigenvalue weighted by atomic mass is 19.1. The third kappa shape index (κ3) is 2.09. The molecule has 0 radical (unpaired) electrons. The van der Waals surface area contributed by atoms with Crippen molar-refractivity contribution in [2.24, 2.45) is 0 Å². The van der Waals surface area contributed by atoms with E-state index < -0.39 is 6.67 Å². The second kappa shape index (κ2) is 4.95. The summed E-state index contributed by atoms with van der Waals surface area (Å²) in [5, 5.41) is 3.60. The molecule has 0 unspecified atom stereocenters. The third-order valence-electron chi connectivity index (χ3n) is 2.54. The van der Waals surface area contributed by atoms with E-state index in [0.717, 1.165) is 0 Å². The predicted molar refractivity (Wildman–Crippen MR) is 64.3 cm³/mol. The van der Waals surface area contributed by atoms with E-state index in [0.29, 0.717) is 28.4 Å². The van der Waals surface area contributed by atoms with Crippen LogP contribution in [-0.4, -0.2) is 19.4 Å². The fourth-order valence-electron chi connectivity index (χ4n) is 1.67. The standard InChI is InChI=1S/C12H13FN2O3/c1-16-9-4-8(11-5-12(14)15-18-11)10(17-2)3-7(9)6-13/h3-5H,6H2,1-2H3,(H2,14,15). The molecule has 0 amide bonds. The van der Waals surface area contributed by atoms with E-state index in [-0.39, 0.29) is 5.82 Å². The highest BCUT2D eigenvalue weighted by Gasteiger charge is 2.16. The Morgan fingerprint density at radius 1 is 1.22 bits per heavy atom. The van der Waals surface area contributed by atoms with Crippen molar-refractivity contribution >= 4 is 5.82 Å². The molecule has 0 aliphatic heterocycles. The van der Waals surface area contributed by atoms with E-state index in [1.54, 1.807) is 18.2 Å². The number of nitrogens with two attached hydrogens (primary N) is 1. The van der Waals surface area contributed by atoms with Crippen molar-refractivity contribution in [3.63, 3.8) is 0 Å². The van der Waals surface area contributed by atoms with Crippen molar-refractivity contribution in [2.45, 2.75) is 6.67 Å². The Balaban J connectivity index is 2.58. The average Bonchev–Trinajstić information content (AvgIpc) is 2.83. The van der Waals surface area contributed by atoms with Gasteiger partial charge in [-0.1, -0.05) is 5.16 Å². The Labute approximate surface area is 103 Å². The van der Waals surface area contributed by atoms with Crippen LogP contribution in [0.2, 0.25) is 0 Å². The van der Waals surface area contributed by atoms with Gasteiger partial charge in [-0.25, -0.2) is 4.39 Å². The SMILES string of the molecule is COc1cc(-c2cc(N)no2)c(OC)cc1CF. The van der Waals surface area contributed by atoms with Crippen molar-refractivity contribution in [2.75, 3.05) is 20.0 Å². The number of rotatable bonds is 4. The van der Waals surface area contributed by atoms with Gasteiger partial charge in [0.15, 0.2) is 11.6 Å². The summed E-state index contributed by atoms with van der Waals surface area (Å²) in [6.07, 6.45) is 0. The molecule has 0 saturated heterocycles. The fraction of sp³-hybridized carbons (Fsp3) is 0.250. The molecule has 1 heterocycles. The van der Waals surface area contributed by atoms with E-state index in [4.69, 9.17) is 19.7 Å². The first-order valence-corrected chi connectivity index (χ1v) is 5.23. The third-order valence-corrected chi connectivity index (χ3v) is 2.54.